The van der Waals surface area contributed by atoms with Crippen LogP contribution in [0.2, 0.25) is 0 Å². The number of guanidine groups is 1. The van der Waals surface area contributed by atoms with E-state index >= 15 is 0 Å². The molecule has 1 aromatic rings. The van der Waals surface area contributed by atoms with Crippen molar-refractivity contribution in [3.8, 4) is 0 Å². The van der Waals surface area contributed by atoms with Gasteiger partial charge in [0.2, 0.25) is 0 Å². The molecule has 156 valence electrons. The molecule has 1 N–H and O–H groups in total. The predicted octanol–water partition coefficient (Wildman–Crippen LogP) is 4.36. The molecule has 1 aromatic carbocycles. The quantitative estimate of drug-likeness (QED) is 0.383. The first-order valence-corrected chi connectivity index (χ1v) is 10.8. The van der Waals surface area contributed by atoms with Crippen LogP contribution >= 0.6 is 24.0 Å². The Kier molecular flexibility index (Phi) is 7.65. The highest BCUT2D eigenvalue weighted by molar-refractivity contribution is 14.0. The van der Waals surface area contributed by atoms with E-state index in [1.165, 1.54) is 49.9 Å². The Bertz CT molecular complexity index is 658. The summed E-state index contributed by atoms with van der Waals surface area (Å²) in [5, 5.41) is 3.78. The van der Waals surface area contributed by atoms with Gasteiger partial charge in [-0.1, -0.05) is 37.1 Å². The Morgan fingerprint density at radius 3 is 2.39 bits per heavy atom. The van der Waals surface area contributed by atoms with E-state index < -0.39 is 0 Å². The van der Waals surface area contributed by atoms with Crippen LogP contribution in [0.3, 0.4) is 0 Å². The summed E-state index contributed by atoms with van der Waals surface area (Å²) in [5.74, 6) is 2.86. The summed E-state index contributed by atoms with van der Waals surface area (Å²) in [6.07, 6.45) is 7.79. The second-order valence-corrected chi connectivity index (χ2v) is 8.82. The molecule has 3 aliphatic rings. The fourth-order valence-corrected chi connectivity index (χ4v) is 5.63. The van der Waals surface area contributed by atoms with Crippen molar-refractivity contribution in [1.82, 2.24) is 10.2 Å². The summed E-state index contributed by atoms with van der Waals surface area (Å²) >= 11 is 0. The van der Waals surface area contributed by atoms with E-state index in [-0.39, 0.29) is 29.4 Å². The van der Waals surface area contributed by atoms with E-state index in [4.69, 9.17) is 4.74 Å². The van der Waals surface area contributed by atoms with Gasteiger partial charge in [-0.15, -0.1) is 24.0 Å². The molecule has 2 aliphatic heterocycles. The largest absolute Gasteiger partial charge is 0.381 e. The Balaban J connectivity index is 0.00000225. The number of aliphatic imine (C=N–C) groups is 1. The number of hydrogen-bond acceptors (Lipinski definition) is 2. The second-order valence-electron chi connectivity index (χ2n) is 8.82. The molecule has 0 bridgehead atoms. The van der Waals surface area contributed by atoms with Crippen LogP contribution in [0.1, 0.15) is 49.7 Å². The van der Waals surface area contributed by atoms with Gasteiger partial charge in [-0.2, -0.15) is 0 Å². The van der Waals surface area contributed by atoms with Crippen molar-refractivity contribution in [3.05, 3.63) is 35.4 Å². The van der Waals surface area contributed by atoms with Gasteiger partial charge in [-0.3, -0.25) is 4.99 Å². The molecule has 2 atom stereocenters. The van der Waals surface area contributed by atoms with Crippen molar-refractivity contribution in [2.75, 3.05) is 39.9 Å². The zero-order valence-electron chi connectivity index (χ0n) is 17.5. The molecule has 0 radical (unpaired) electrons. The fourth-order valence-electron chi connectivity index (χ4n) is 5.63. The van der Waals surface area contributed by atoms with E-state index in [0.717, 1.165) is 50.4 Å². The lowest BCUT2D eigenvalue weighted by Crippen LogP contribution is -2.49. The molecule has 5 heteroatoms. The van der Waals surface area contributed by atoms with Crippen LogP contribution in [0.4, 0.5) is 0 Å². The summed E-state index contributed by atoms with van der Waals surface area (Å²) in [6, 6.07) is 8.88. The highest BCUT2D eigenvalue weighted by Crippen LogP contribution is 2.37. The van der Waals surface area contributed by atoms with Crippen LogP contribution in [0.5, 0.6) is 0 Å². The van der Waals surface area contributed by atoms with Crippen LogP contribution in [0, 0.1) is 18.8 Å². The smallest absolute Gasteiger partial charge is 0.193 e. The van der Waals surface area contributed by atoms with Crippen LogP contribution in [0.15, 0.2) is 29.3 Å². The summed E-state index contributed by atoms with van der Waals surface area (Å²) in [7, 11) is 1.94. The van der Waals surface area contributed by atoms with Crippen molar-refractivity contribution in [3.63, 3.8) is 0 Å². The number of likely N-dealkylation sites (tertiary alicyclic amines) is 1. The molecule has 3 fully saturated rings. The van der Waals surface area contributed by atoms with Crippen molar-refractivity contribution in [2.24, 2.45) is 16.8 Å². The number of nitrogens with one attached hydrogen (secondary N) is 1. The summed E-state index contributed by atoms with van der Waals surface area (Å²) in [4.78, 5) is 7.18. The van der Waals surface area contributed by atoms with Crippen molar-refractivity contribution in [1.29, 1.82) is 0 Å². The molecular formula is C23H36IN3O. The number of fused-ring (bicyclic) bond motifs is 1. The van der Waals surface area contributed by atoms with Gasteiger partial charge in [0.15, 0.2) is 5.96 Å². The van der Waals surface area contributed by atoms with Gasteiger partial charge >= 0.3 is 0 Å². The van der Waals surface area contributed by atoms with E-state index in [9.17, 15) is 0 Å². The Morgan fingerprint density at radius 1 is 1.14 bits per heavy atom. The number of hydrogen-bond donors (Lipinski definition) is 1. The van der Waals surface area contributed by atoms with E-state index in [1.54, 1.807) is 0 Å². The van der Waals surface area contributed by atoms with Crippen LogP contribution in [-0.4, -0.2) is 50.8 Å². The van der Waals surface area contributed by atoms with Gasteiger partial charge < -0.3 is 15.0 Å². The minimum Gasteiger partial charge on any atom is -0.381 e. The normalized spacial score (nSPS) is 27.1. The number of nitrogens with zero attached hydrogens (tertiary/aromatic N) is 2. The molecule has 2 heterocycles. The van der Waals surface area contributed by atoms with Gasteiger partial charge in [0.25, 0.3) is 0 Å². The number of rotatable bonds is 3. The van der Waals surface area contributed by atoms with Gasteiger partial charge in [-0.25, -0.2) is 0 Å². The highest BCUT2D eigenvalue weighted by Gasteiger charge is 2.38. The third-order valence-electron chi connectivity index (χ3n) is 7.24. The zero-order chi connectivity index (χ0) is 18.7. The maximum Gasteiger partial charge on any atom is 0.193 e. The molecule has 1 aliphatic carbocycles. The van der Waals surface area contributed by atoms with E-state index in [1.807, 2.05) is 7.05 Å². The third kappa shape index (κ3) is 4.50. The maximum absolute atomic E-state index is 5.71. The zero-order valence-corrected chi connectivity index (χ0v) is 19.8. The molecular weight excluding hydrogens is 461 g/mol. The molecule has 0 aromatic heterocycles. The first-order valence-electron chi connectivity index (χ1n) is 10.8. The fraction of sp³-hybridized carbons (Fsp3) is 0.696. The molecule has 2 unspecified atom stereocenters. The topological polar surface area (TPSA) is 36.9 Å². The average molecular weight is 497 g/mol. The molecule has 4 rings (SSSR count). The molecule has 2 saturated heterocycles. The highest BCUT2D eigenvalue weighted by atomic mass is 127. The Morgan fingerprint density at radius 2 is 1.79 bits per heavy atom. The summed E-state index contributed by atoms with van der Waals surface area (Å²) in [6.45, 7) is 7.26. The van der Waals surface area contributed by atoms with Gasteiger partial charge in [0.05, 0.1) is 0 Å². The van der Waals surface area contributed by atoms with Crippen LogP contribution in [0.25, 0.3) is 0 Å². The number of aryl methyl sites for hydroxylation is 1. The Hall–Kier alpha value is -0.820. The van der Waals surface area contributed by atoms with Crippen molar-refractivity contribution >= 4 is 29.9 Å². The molecule has 0 amide bonds. The summed E-state index contributed by atoms with van der Waals surface area (Å²) < 4.78 is 5.71. The van der Waals surface area contributed by atoms with Crippen LogP contribution < -0.4 is 5.32 Å². The number of halogens is 1. The first kappa shape index (κ1) is 21.9. The molecule has 0 spiro atoms. The minimum atomic E-state index is 0. The van der Waals surface area contributed by atoms with Crippen molar-refractivity contribution in [2.45, 2.75) is 50.9 Å². The molecule has 4 nitrogen and oxygen atoms in total. The lowest BCUT2D eigenvalue weighted by Gasteiger charge is -2.39. The van der Waals surface area contributed by atoms with E-state index in [0.29, 0.717) is 0 Å². The molecule has 1 saturated carbocycles. The standard InChI is InChI=1S/C23H35N3O.HI/c1-18-7-3-6-10-21(18)23(11-13-27-14-12-23)17-25-22(24-2)26-15-19-8-4-5-9-20(19)16-26;/h3,6-7,10,19-20H,4-5,8-9,11-17H2,1-2H3,(H,24,25);1H. The Labute approximate surface area is 187 Å². The third-order valence-corrected chi connectivity index (χ3v) is 7.24. The second kappa shape index (κ2) is 9.79. The lowest BCUT2D eigenvalue weighted by molar-refractivity contribution is 0.0510. The minimum absolute atomic E-state index is 0. The van der Waals surface area contributed by atoms with Gasteiger partial charge in [0, 0.05) is 45.3 Å². The summed E-state index contributed by atoms with van der Waals surface area (Å²) in [5.41, 5.74) is 3.01. The number of ether oxygens (including phenoxy) is 1. The van der Waals surface area contributed by atoms with Gasteiger partial charge in [-0.05, 0) is 55.6 Å². The van der Waals surface area contributed by atoms with Crippen molar-refractivity contribution < 1.29 is 4.74 Å². The number of benzene rings is 1. The SMILES string of the molecule is CN=C(NCC1(c2ccccc2C)CCOCC1)N1CC2CCCCC2C1.I. The monoisotopic (exact) mass is 497 g/mol. The average Bonchev–Trinajstić information content (AvgIpc) is 3.13. The van der Waals surface area contributed by atoms with E-state index in [2.05, 4.69) is 46.4 Å². The molecule has 28 heavy (non-hydrogen) atoms. The first-order chi connectivity index (χ1) is 13.2. The predicted molar refractivity (Wildman–Crippen MR) is 127 cm³/mol. The van der Waals surface area contributed by atoms with Crippen LogP contribution in [-0.2, 0) is 10.2 Å². The van der Waals surface area contributed by atoms with Gasteiger partial charge in [0.1, 0.15) is 0 Å². The maximum atomic E-state index is 5.71. The lowest BCUT2D eigenvalue weighted by atomic mass is 9.72.